The van der Waals surface area contributed by atoms with Crippen molar-refractivity contribution in [2.45, 2.75) is 32.9 Å². The molecule has 0 aliphatic carbocycles. The Kier molecular flexibility index (Phi) is 7.07. The van der Waals surface area contributed by atoms with E-state index in [0.717, 1.165) is 52.7 Å². The molecule has 3 aromatic heterocycles. The van der Waals surface area contributed by atoms with Crippen LogP contribution in [0.3, 0.4) is 0 Å². The van der Waals surface area contributed by atoms with Gasteiger partial charge in [0.15, 0.2) is 0 Å². The van der Waals surface area contributed by atoms with Crippen molar-refractivity contribution in [1.29, 1.82) is 0 Å². The van der Waals surface area contributed by atoms with Crippen LogP contribution in [0.15, 0.2) is 79.4 Å². The van der Waals surface area contributed by atoms with Gasteiger partial charge in [-0.1, -0.05) is 53.6 Å². The highest BCUT2D eigenvalue weighted by Gasteiger charge is 2.22. The fourth-order valence-corrected chi connectivity index (χ4v) is 5.27. The summed E-state index contributed by atoms with van der Waals surface area (Å²) in [4.78, 5) is 13.3. The monoisotopic (exact) mass is 551 g/mol. The minimum absolute atomic E-state index is 0.250. The summed E-state index contributed by atoms with van der Waals surface area (Å²) in [5.74, 6) is 0.258. The number of halogens is 1. The minimum atomic E-state index is -0.273. The van der Waals surface area contributed by atoms with Crippen molar-refractivity contribution in [1.82, 2.24) is 45.3 Å². The number of hydrogen-bond acceptors (Lipinski definition) is 6. The van der Waals surface area contributed by atoms with E-state index in [2.05, 4.69) is 90.1 Å². The summed E-state index contributed by atoms with van der Waals surface area (Å²) >= 11 is 6.52. The normalized spacial score (nSPS) is 11.2. The summed E-state index contributed by atoms with van der Waals surface area (Å²) < 4.78 is 3.85. The van der Waals surface area contributed by atoms with Crippen LogP contribution in [0.4, 0.5) is 0 Å². The Labute approximate surface area is 235 Å². The smallest absolute Gasteiger partial charge is 0.254 e. The molecule has 0 atom stereocenters. The van der Waals surface area contributed by atoms with Gasteiger partial charge >= 0.3 is 0 Å². The SMILES string of the molecule is Cc1ccc2c(c1)c(-c1nn[nH]n1)c(CCCc1ccccc1)n2CNC(=O)c1ccc(-n2cnnc2)cc1Cl. The molecule has 200 valence electrons. The number of fused-ring (bicyclic) bond motifs is 1. The number of H-pyrrole nitrogens is 1. The molecule has 0 saturated carbocycles. The maximum atomic E-state index is 13.3. The van der Waals surface area contributed by atoms with Gasteiger partial charge in [0, 0.05) is 16.8 Å². The first kappa shape index (κ1) is 25.4. The first-order valence-electron chi connectivity index (χ1n) is 12.9. The summed E-state index contributed by atoms with van der Waals surface area (Å²) in [5, 5.41) is 27.1. The average molecular weight is 552 g/mol. The molecule has 0 aliphatic heterocycles. The van der Waals surface area contributed by atoms with Crippen molar-refractivity contribution < 1.29 is 4.79 Å². The van der Waals surface area contributed by atoms with E-state index in [-0.39, 0.29) is 12.6 Å². The van der Waals surface area contributed by atoms with Crippen LogP contribution in [-0.2, 0) is 19.5 Å². The Balaban J connectivity index is 1.32. The topological polar surface area (TPSA) is 119 Å². The van der Waals surface area contributed by atoms with Crippen LogP contribution in [-0.4, -0.2) is 45.9 Å². The molecule has 3 heterocycles. The molecular weight excluding hydrogens is 526 g/mol. The molecular formula is C29H26ClN9O. The van der Waals surface area contributed by atoms with E-state index in [1.807, 2.05) is 6.07 Å². The van der Waals surface area contributed by atoms with Gasteiger partial charge in [-0.25, -0.2) is 0 Å². The maximum Gasteiger partial charge on any atom is 0.254 e. The van der Waals surface area contributed by atoms with Crippen molar-refractivity contribution in [2.24, 2.45) is 0 Å². The van der Waals surface area contributed by atoms with Crippen LogP contribution in [0.25, 0.3) is 28.0 Å². The number of hydrogen-bond donors (Lipinski definition) is 2. The third kappa shape index (κ3) is 5.08. The van der Waals surface area contributed by atoms with E-state index in [9.17, 15) is 4.79 Å². The second-order valence-corrected chi connectivity index (χ2v) is 9.95. The number of amides is 1. The fraction of sp³-hybridized carbons (Fsp3) is 0.172. The highest BCUT2D eigenvalue weighted by Crippen LogP contribution is 2.34. The lowest BCUT2D eigenvalue weighted by molar-refractivity contribution is 0.0942. The predicted molar refractivity (Wildman–Crippen MR) is 152 cm³/mol. The number of aryl methyl sites for hydroxylation is 2. The zero-order valence-corrected chi connectivity index (χ0v) is 22.5. The van der Waals surface area contributed by atoms with Gasteiger partial charge in [0.2, 0.25) is 5.82 Å². The molecule has 6 rings (SSSR count). The second-order valence-electron chi connectivity index (χ2n) is 9.54. The third-order valence-electron chi connectivity index (χ3n) is 6.93. The van der Waals surface area contributed by atoms with Crippen LogP contribution < -0.4 is 5.32 Å². The molecule has 40 heavy (non-hydrogen) atoms. The Bertz CT molecular complexity index is 1760. The molecule has 0 fully saturated rings. The summed E-state index contributed by atoms with van der Waals surface area (Å²) in [6.45, 7) is 2.31. The van der Waals surface area contributed by atoms with Gasteiger partial charge in [-0.05, 0) is 67.3 Å². The molecule has 2 N–H and O–H groups in total. The highest BCUT2D eigenvalue weighted by molar-refractivity contribution is 6.34. The number of aromatic nitrogens is 8. The van der Waals surface area contributed by atoms with E-state index in [1.54, 1.807) is 35.4 Å². The molecule has 6 aromatic rings. The maximum absolute atomic E-state index is 13.3. The quantitative estimate of drug-likeness (QED) is 0.263. The molecule has 11 heteroatoms. The lowest BCUT2D eigenvalue weighted by atomic mass is 10.0. The standard InChI is InChI=1S/C29H26ClN9O/c1-19-10-13-25-23(14-19)27(28-34-36-37-35-28)26(9-5-8-20-6-3-2-4-7-20)39(25)16-31-29(40)22-12-11-21(15-24(22)30)38-17-32-33-18-38/h2-4,6-7,10-15,17-18H,5,8-9,16H2,1H3,(H,31,40)(H,34,35,36,37). The van der Waals surface area contributed by atoms with Gasteiger partial charge in [-0.2, -0.15) is 5.21 Å². The molecule has 1 amide bonds. The molecule has 0 spiro atoms. The molecule has 0 bridgehead atoms. The van der Waals surface area contributed by atoms with Crippen molar-refractivity contribution in [2.75, 3.05) is 0 Å². The van der Waals surface area contributed by atoms with Gasteiger partial charge in [0.05, 0.1) is 28.3 Å². The average Bonchev–Trinajstić information content (AvgIpc) is 3.73. The van der Waals surface area contributed by atoms with Gasteiger partial charge < -0.3 is 9.88 Å². The number of benzene rings is 3. The van der Waals surface area contributed by atoms with Crippen LogP contribution in [0, 0.1) is 6.92 Å². The van der Waals surface area contributed by atoms with Crippen molar-refractivity contribution in [3.05, 3.63) is 107 Å². The van der Waals surface area contributed by atoms with Crippen molar-refractivity contribution >= 4 is 28.4 Å². The molecule has 0 radical (unpaired) electrons. The van der Waals surface area contributed by atoms with Gasteiger partial charge in [0.1, 0.15) is 12.7 Å². The first-order valence-corrected chi connectivity index (χ1v) is 13.3. The van der Waals surface area contributed by atoms with E-state index in [4.69, 9.17) is 11.6 Å². The summed E-state index contributed by atoms with van der Waals surface area (Å²) in [6.07, 6.45) is 5.74. The summed E-state index contributed by atoms with van der Waals surface area (Å²) in [5.41, 5.74) is 6.49. The number of tetrazole rings is 1. The Morgan fingerprint density at radius 2 is 1.82 bits per heavy atom. The largest absolute Gasteiger partial charge is 0.334 e. The fourth-order valence-electron chi connectivity index (χ4n) is 5.01. The number of rotatable bonds is 9. The summed E-state index contributed by atoms with van der Waals surface area (Å²) in [6, 6.07) is 21.9. The third-order valence-corrected chi connectivity index (χ3v) is 7.24. The zero-order chi connectivity index (χ0) is 27.5. The van der Waals surface area contributed by atoms with Crippen LogP contribution in [0.1, 0.15) is 33.6 Å². The summed E-state index contributed by atoms with van der Waals surface area (Å²) in [7, 11) is 0. The zero-order valence-electron chi connectivity index (χ0n) is 21.8. The van der Waals surface area contributed by atoms with Crippen LogP contribution >= 0.6 is 11.6 Å². The number of nitrogens with zero attached hydrogens (tertiary/aromatic N) is 7. The molecule has 0 unspecified atom stereocenters. The Morgan fingerprint density at radius 1 is 1.00 bits per heavy atom. The Hall–Kier alpha value is -4.83. The highest BCUT2D eigenvalue weighted by atomic mass is 35.5. The molecule has 10 nitrogen and oxygen atoms in total. The molecule has 3 aromatic carbocycles. The van der Waals surface area contributed by atoms with E-state index in [0.29, 0.717) is 16.4 Å². The number of carbonyl (C=O) groups is 1. The molecule has 0 aliphatic rings. The van der Waals surface area contributed by atoms with Gasteiger partial charge in [0.25, 0.3) is 5.91 Å². The van der Waals surface area contributed by atoms with Crippen LogP contribution in [0.5, 0.6) is 0 Å². The second kappa shape index (κ2) is 11.1. The van der Waals surface area contributed by atoms with Gasteiger partial charge in [-0.15, -0.1) is 20.4 Å². The number of aromatic amines is 1. The number of carbonyl (C=O) groups excluding carboxylic acids is 1. The van der Waals surface area contributed by atoms with E-state index >= 15 is 0 Å². The van der Waals surface area contributed by atoms with E-state index < -0.39 is 0 Å². The first-order chi connectivity index (χ1) is 19.6. The number of nitrogens with one attached hydrogen (secondary N) is 2. The lowest BCUT2D eigenvalue weighted by Gasteiger charge is -2.14. The Morgan fingerprint density at radius 3 is 2.58 bits per heavy atom. The minimum Gasteiger partial charge on any atom is -0.334 e. The van der Waals surface area contributed by atoms with Crippen molar-refractivity contribution in [3.8, 4) is 17.1 Å². The van der Waals surface area contributed by atoms with Gasteiger partial charge in [-0.3, -0.25) is 9.36 Å². The molecule has 0 saturated heterocycles. The van der Waals surface area contributed by atoms with Crippen molar-refractivity contribution in [3.63, 3.8) is 0 Å². The lowest BCUT2D eigenvalue weighted by Crippen LogP contribution is -2.27. The van der Waals surface area contributed by atoms with Crippen LogP contribution in [0.2, 0.25) is 5.02 Å². The predicted octanol–water partition coefficient (Wildman–Crippen LogP) is 4.93. The van der Waals surface area contributed by atoms with E-state index in [1.165, 1.54) is 5.56 Å².